The Kier molecular flexibility index (Phi) is 6.62. The van der Waals surface area contributed by atoms with E-state index in [0.29, 0.717) is 17.0 Å². The number of hydrogen-bond acceptors (Lipinski definition) is 12. The highest BCUT2D eigenvalue weighted by Gasteiger charge is 2.45. The van der Waals surface area contributed by atoms with Crippen LogP contribution in [0.3, 0.4) is 0 Å². The van der Waals surface area contributed by atoms with Crippen LogP contribution in [0.5, 0.6) is 0 Å². The average Bonchev–Trinajstić information content (AvgIpc) is 3.28. The van der Waals surface area contributed by atoms with Crippen molar-refractivity contribution in [2.75, 3.05) is 11.9 Å². The lowest BCUT2D eigenvalue weighted by molar-refractivity contribution is -0.825. The number of aliphatic hydroxyl groups excluding tert-OH is 2. The zero-order valence-corrected chi connectivity index (χ0v) is 16.6. The van der Waals surface area contributed by atoms with Gasteiger partial charge < -0.3 is 30.5 Å². The molecule has 0 unspecified atom stereocenters. The van der Waals surface area contributed by atoms with Crippen LogP contribution < -0.4 is 10.6 Å². The van der Waals surface area contributed by atoms with E-state index in [2.05, 4.69) is 30.1 Å². The van der Waals surface area contributed by atoms with E-state index < -0.39 is 36.5 Å². The molecule has 13 nitrogen and oxygen atoms in total. The Morgan fingerprint density at radius 2 is 2.03 bits per heavy atom. The number of rotatable bonds is 7. The van der Waals surface area contributed by atoms with Crippen molar-refractivity contribution in [3.8, 4) is 0 Å². The molecule has 0 aromatic carbocycles. The summed E-state index contributed by atoms with van der Waals surface area (Å²) in [6.45, 7) is -0.454. The van der Waals surface area contributed by atoms with Crippen molar-refractivity contribution in [3.63, 3.8) is 0 Å². The topological polar surface area (TPSA) is 170 Å². The molecule has 14 heteroatoms. The zero-order valence-electron chi connectivity index (χ0n) is 15.8. The van der Waals surface area contributed by atoms with E-state index >= 15 is 0 Å². The maximum absolute atomic E-state index is 10.4. The number of nitrogens with one attached hydrogen (secondary N) is 1. The van der Waals surface area contributed by atoms with Crippen molar-refractivity contribution >= 4 is 28.6 Å². The standard InChI is InChI=1S/C16H23ClN6O7/c17-16-20-13(19-8-4-2-1-3-5-8)10-14(21-16)22(7-18-10)15-12(25)11(24)9(29-15)6-28-23(26)30-27/h7-9,11-12,15,24-27H,1-6H2,(H,19,20,21)/p-1/t9-,11-,12-,15-/m1/s1. The second kappa shape index (κ2) is 9.21. The van der Waals surface area contributed by atoms with Crippen LogP contribution >= 0.6 is 11.6 Å². The molecule has 0 bridgehead atoms. The van der Waals surface area contributed by atoms with Gasteiger partial charge in [-0.15, -0.1) is 0 Å². The van der Waals surface area contributed by atoms with E-state index in [-0.39, 0.29) is 11.3 Å². The van der Waals surface area contributed by atoms with Crippen LogP contribution in [0.2, 0.25) is 5.28 Å². The minimum absolute atomic E-state index is 0.000931. The Hall–Kier alpha value is -1.68. The van der Waals surface area contributed by atoms with Crippen molar-refractivity contribution in [2.45, 2.75) is 62.7 Å². The Morgan fingerprint density at radius 3 is 2.77 bits per heavy atom. The number of aromatic nitrogens is 4. The number of nitrogens with zero attached hydrogens (tertiary/aromatic N) is 5. The molecular formula is C16H22ClN6O7-. The quantitative estimate of drug-likeness (QED) is 0.249. The second-order valence-corrected chi connectivity index (χ2v) is 7.64. The van der Waals surface area contributed by atoms with Crippen molar-refractivity contribution in [1.29, 1.82) is 0 Å². The number of fused-ring (bicyclic) bond motifs is 1. The third kappa shape index (κ3) is 4.34. The Bertz CT molecular complexity index is 866. The molecule has 2 aliphatic rings. The molecule has 3 heterocycles. The predicted octanol–water partition coefficient (Wildman–Crippen LogP) is -0.327. The van der Waals surface area contributed by atoms with Gasteiger partial charge in [0.25, 0.3) is 0 Å². The van der Waals surface area contributed by atoms with Gasteiger partial charge in [0.1, 0.15) is 24.9 Å². The van der Waals surface area contributed by atoms with E-state index in [9.17, 15) is 15.5 Å². The van der Waals surface area contributed by atoms with E-state index in [1.54, 1.807) is 0 Å². The van der Waals surface area contributed by atoms with Crippen LogP contribution in [0.25, 0.3) is 11.2 Å². The predicted molar refractivity (Wildman–Crippen MR) is 97.4 cm³/mol. The zero-order chi connectivity index (χ0) is 21.3. The summed E-state index contributed by atoms with van der Waals surface area (Å²) in [5.74, 6) is 0.493. The molecule has 30 heavy (non-hydrogen) atoms. The first kappa shape index (κ1) is 21.5. The van der Waals surface area contributed by atoms with Gasteiger partial charge in [-0.25, -0.2) is 9.82 Å². The maximum atomic E-state index is 10.4. The lowest BCUT2D eigenvalue weighted by atomic mass is 9.95. The van der Waals surface area contributed by atoms with Crippen molar-refractivity contribution in [2.24, 2.45) is 0 Å². The number of imidazole rings is 1. The first-order valence-corrected chi connectivity index (χ1v) is 9.95. The van der Waals surface area contributed by atoms with Crippen LogP contribution in [0.15, 0.2) is 6.33 Å². The Balaban J connectivity index is 1.57. The molecule has 2 aromatic rings. The Labute approximate surface area is 175 Å². The summed E-state index contributed by atoms with van der Waals surface area (Å²) in [6.07, 6.45) is 2.09. The molecule has 1 saturated carbocycles. The monoisotopic (exact) mass is 445 g/mol. The number of aliphatic hydroxyl groups is 2. The van der Waals surface area contributed by atoms with Gasteiger partial charge in [0.15, 0.2) is 23.2 Å². The van der Waals surface area contributed by atoms with Gasteiger partial charge in [0, 0.05) is 6.04 Å². The summed E-state index contributed by atoms with van der Waals surface area (Å²) in [5, 5.41) is 42.5. The first-order valence-electron chi connectivity index (χ1n) is 9.58. The van der Waals surface area contributed by atoms with E-state index in [0.717, 1.165) is 25.7 Å². The molecule has 2 aromatic heterocycles. The minimum atomic E-state index is -1.37. The smallest absolute Gasteiger partial charge is 0.226 e. The molecular weight excluding hydrogens is 424 g/mol. The average molecular weight is 446 g/mol. The van der Waals surface area contributed by atoms with Gasteiger partial charge in [-0.2, -0.15) is 9.97 Å². The van der Waals surface area contributed by atoms with Crippen molar-refractivity contribution in [1.82, 2.24) is 24.9 Å². The van der Waals surface area contributed by atoms with E-state index in [1.165, 1.54) is 17.3 Å². The van der Waals surface area contributed by atoms with Crippen LogP contribution in [-0.4, -0.2) is 71.3 Å². The lowest BCUT2D eigenvalue weighted by Crippen LogP contribution is -2.36. The summed E-state index contributed by atoms with van der Waals surface area (Å²) in [4.78, 5) is 20.5. The summed E-state index contributed by atoms with van der Waals surface area (Å²) in [5.41, 5.74) is 0.772. The molecule has 1 aliphatic carbocycles. The number of ether oxygens (including phenoxy) is 1. The molecule has 4 N–H and O–H groups in total. The Morgan fingerprint density at radius 1 is 1.27 bits per heavy atom. The van der Waals surface area contributed by atoms with E-state index in [4.69, 9.17) is 21.5 Å². The minimum Gasteiger partial charge on any atom is -0.700 e. The summed E-state index contributed by atoms with van der Waals surface area (Å²) < 4.78 is 7.08. The molecule has 0 spiro atoms. The molecule has 1 aliphatic heterocycles. The third-order valence-electron chi connectivity index (χ3n) is 5.36. The third-order valence-corrected chi connectivity index (χ3v) is 5.53. The molecule has 4 rings (SSSR count). The molecule has 2 fully saturated rings. The highest BCUT2D eigenvalue weighted by atomic mass is 35.5. The van der Waals surface area contributed by atoms with Crippen molar-refractivity contribution in [3.05, 3.63) is 11.6 Å². The molecule has 1 saturated heterocycles. The normalized spacial score (nSPS) is 27.9. The molecule has 4 atom stereocenters. The van der Waals surface area contributed by atoms with Crippen molar-refractivity contribution < 1.29 is 35.2 Å². The van der Waals surface area contributed by atoms with Gasteiger partial charge in [0.05, 0.1) is 11.7 Å². The number of halogens is 1. The van der Waals surface area contributed by atoms with Crippen LogP contribution in [0.4, 0.5) is 5.82 Å². The first-order chi connectivity index (χ1) is 14.5. The fourth-order valence-electron chi connectivity index (χ4n) is 3.87. The maximum Gasteiger partial charge on any atom is 0.226 e. The fraction of sp³-hybridized carbons (Fsp3) is 0.688. The number of anilines is 1. The fourth-order valence-corrected chi connectivity index (χ4v) is 4.04. The van der Waals surface area contributed by atoms with Crippen LogP contribution in [0.1, 0.15) is 38.3 Å². The van der Waals surface area contributed by atoms with Crippen LogP contribution in [-0.2, 0) is 14.6 Å². The summed E-state index contributed by atoms with van der Waals surface area (Å²) in [7, 11) is 0. The highest BCUT2D eigenvalue weighted by molar-refractivity contribution is 6.28. The SMILES string of the molecule is [O-]ON(O)OC[C@H]1O[C@@H](n2cnc3c(NC4CCCCC4)nc(Cl)nc32)[C@H](O)[C@@H]1O. The lowest BCUT2D eigenvalue weighted by Gasteiger charge is -2.23. The highest BCUT2D eigenvalue weighted by Crippen LogP contribution is 2.33. The molecule has 0 radical (unpaired) electrons. The van der Waals surface area contributed by atoms with Gasteiger partial charge in [-0.1, -0.05) is 19.3 Å². The largest absolute Gasteiger partial charge is 0.700 e. The van der Waals surface area contributed by atoms with E-state index in [1.807, 2.05) is 0 Å². The molecule has 0 amide bonds. The van der Waals surface area contributed by atoms with Gasteiger partial charge in [-0.3, -0.25) is 9.77 Å². The van der Waals surface area contributed by atoms with Gasteiger partial charge in [0.2, 0.25) is 5.28 Å². The van der Waals surface area contributed by atoms with Gasteiger partial charge in [-0.05, 0) is 24.4 Å². The number of hydrogen-bond donors (Lipinski definition) is 4. The van der Waals surface area contributed by atoms with Gasteiger partial charge >= 0.3 is 0 Å². The second-order valence-electron chi connectivity index (χ2n) is 7.30. The summed E-state index contributed by atoms with van der Waals surface area (Å²) in [6, 6.07) is 0.263. The van der Waals surface area contributed by atoms with Crippen LogP contribution in [0, 0.1) is 0 Å². The summed E-state index contributed by atoms with van der Waals surface area (Å²) >= 11 is 6.12. The molecule has 166 valence electrons.